The number of nitrogens with zero attached hydrogens (tertiary/aromatic N) is 4. The predicted octanol–water partition coefficient (Wildman–Crippen LogP) is 6.29. The Balaban J connectivity index is 1.64. The van der Waals surface area contributed by atoms with Crippen molar-refractivity contribution in [2.75, 3.05) is 0 Å². The van der Waals surface area contributed by atoms with Gasteiger partial charge in [0, 0.05) is 16.7 Å². The molecule has 0 spiro atoms. The number of imidazole rings is 1. The zero-order valence-corrected chi connectivity index (χ0v) is 18.6. The van der Waals surface area contributed by atoms with Crippen LogP contribution in [0.15, 0.2) is 66.2 Å². The highest BCUT2D eigenvalue weighted by atomic mass is 32.2. The predicted molar refractivity (Wildman–Crippen MR) is 127 cm³/mol. The number of hydrogen-bond acceptors (Lipinski definition) is 5. The third kappa shape index (κ3) is 3.68. The molecule has 0 radical (unpaired) electrons. The fourth-order valence-corrected chi connectivity index (χ4v) is 4.88. The number of fused-ring (bicyclic) bond motifs is 2. The number of aromatic amines is 1. The Hall–Kier alpha value is -3.25. The van der Waals surface area contributed by atoms with Gasteiger partial charge >= 0.3 is 0 Å². The van der Waals surface area contributed by atoms with E-state index in [1.165, 1.54) is 22.3 Å². The van der Waals surface area contributed by atoms with Crippen LogP contribution < -0.4 is 0 Å². The van der Waals surface area contributed by atoms with Gasteiger partial charge in [-0.25, -0.2) is 19.9 Å². The molecule has 0 fully saturated rings. The van der Waals surface area contributed by atoms with Crippen LogP contribution in [0.2, 0.25) is 0 Å². The van der Waals surface area contributed by atoms with Gasteiger partial charge in [0.1, 0.15) is 16.9 Å². The van der Waals surface area contributed by atoms with E-state index in [9.17, 15) is 0 Å². The molecule has 3 aromatic heterocycles. The molecule has 0 aliphatic rings. The van der Waals surface area contributed by atoms with Gasteiger partial charge in [-0.1, -0.05) is 68.1 Å². The summed E-state index contributed by atoms with van der Waals surface area (Å²) in [7, 11) is 0. The van der Waals surface area contributed by atoms with Crippen LogP contribution in [0.4, 0.5) is 0 Å². The van der Waals surface area contributed by atoms with Crippen molar-refractivity contribution in [2.45, 2.75) is 37.5 Å². The molecule has 0 atom stereocenters. The first-order valence-corrected chi connectivity index (χ1v) is 11.4. The average Bonchev–Trinajstić information content (AvgIpc) is 3.27. The highest BCUT2D eigenvalue weighted by Crippen LogP contribution is 2.36. The maximum Gasteiger partial charge on any atom is 0.181 e. The molecule has 0 amide bonds. The minimum absolute atomic E-state index is 0.414. The highest BCUT2D eigenvalue weighted by molar-refractivity contribution is 7.98. The van der Waals surface area contributed by atoms with Gasteiger partial charge in [0.25, 0.3) is 0 Å². The van der Waals surface area contributed by atoms with Crippen molar-refractivity contribution in [3.05, 3.63) is 77.9 Å². The van der Waals surface area contributed by atoms with E-state index in [0.29, 0.717) is 11.6 Å². The van der Waals surface area contributed by atoms with Crippen LogP contribution in [0.1, 0.15) is 36.5 Å². The van der Waals surface area contributed by atoms with Crippen LogP contribution in [0.3, 0.4) is 0 Å². The molecule has 1 N–H and O–H groups in total. The summed E-state index contributed by atoms with van der Waals surface area (Å²) in [5.74, 6) is 1.17. The van der Waals surface area contributed by atoms with Crippen molar-refractivity contribution < 1.29 is 0 Å². The Morgan fingerprint density at radius 1 is 1.00 bits per heavy atom. The molecule has 5 nitrogen and oxygen atoms in total. The normalized spacial score (nSPS) is 11.6. The molecule has 3 heterocycles. The molecule has 0 bridgehead atoms. The molecular formula is C25H23N5S. The summed E-state index contributed by atoms with van der Waals surface area (Å²) < 4.78 is 0. The Morgan fingerprint density at radius 2 is 1.87 bits per heavy atom. The van der Waals surface area contributed by atoms with E-state index >= 15 is 0 Å². The average molecular weight is 426 g/mol. The van der Waals surface area contributed by atoms with E-state index in [1.807, 2.05) is 0 Å². The quantitative estimate of drug-likeness (QED) is 0.265. The number of aryl methyl sites for hydroxylation is 1. The molecule has 154 valence electrons. The molecule has 5 rings (SSSR count). The Kier molecular flexibility index (Phi) is 5.16. The number of nitrogens with one attached hydrogen (secondary N) is 1. The summed E-state index contributed by atoms with van der Waals surface area (Å²) in [6, 6.07) is 17.2. The lowest BCUT2D eigenvalue weighted by Crippen LogP contribution is -1.99. The van der Waals surface area contributed by atoms with Crippen molar-refractivity contribution in [1.29, 1.82) is 0 Å². The van der Waals surface area contributed by atoms with E-state index < -0.39 is 0 Å². The van der Waals surface area contributed by atoms with E-state index in [-0.39, 0.29) is 0 Å². The second-order valence-corrected chi connectivity index (χ2v) is 8.92. The van der Waals surface area contributed by atoms with Crippen LogP contribution in [0.25, 0.3) is 33.3 Å². The maximum absolute atomic E-state index is 5.19. The standard InChI is InChI=1S/C25H23N5S/c1-15(2)19-9-4-5-10-20(19)22-18(11-17-8-6-7-16(3)21(17)30-22)12-31-25-23-24(27-13-26-23)28-14-29-25/h4-11,13-15H,12H2,1-3H3,(H,26,27,28,29). The number of H-pyrrole nitrogens is 1. The smallest absolute Gasteiger partial charge is 0.181 e. The molecule has 0 saturated carbocycles. The van der Waals surface area contributed by atoms with Crippen molar-refractivity contribution in [2.24, 2.45) is 0 Å². The van der Waals surface area contributed by atoms with E-state index in [1.54, 1.807) is 24.4 Å². The summed E-state index contributed by atoms with van der Waals surface area (Å²) in [5.41, 5.74) is 8.57. The molecule has 0 unspecified atom stereocenters. The van der Waals surface area contributed by atoms with Crippen molar-refractivity contribution in [1.82, 2.24) is 24.9 Å². The number of pyridine rings is 1. The van der Waals surface area contributed by atoms with Gasteiger partial charge in [-0.05, 0) is 35.6 Å². The summed E-state index contributed by atoms with van der Waals surface area (Å²) in [5, 5.41) is 2.06. The molecule has 0 aliphatic heterocycles. The maximum atomic E-state index is 5.19. The highest BCUT2D eigenvalue weighted by Gasteiger charge is 2.16. The zero-order chi connectivity index (χ0) is 21.4. The minimum Gasteiger partial charge on any atom is -0.341 e. The number of aromatic nitrogens is 5. The molecule has 0 aliphatic carbocycles. The van der Waals surface area contributed by atoms with Crippen LogP contribution in [0, 0.1) is 6.92 Å². The van der Waals surface area contributed by atoms with E-state index in [4.69, 9.17) is 4.98 Å². The molecule has 0 saturated heterocycles. The summed E-state index contributed by atoms with van der Waals surface area (Å²) in [6.07, 6.45) is 3.23. The Morgan fingerprint density at radius 3 is 2.74 bits per heavy atom. The topological polar surface area (TPSA) is 67.3 Å². The fourth-order valence-electron chi connectivity index (χ4n) is 3.95. The number of benzene rings is 2. The van der Waals surface area contributed by atoms with Crippen molar-refractivity contribution in [3.63, 3.8) is 0 Å². The fraction of sp³-hybridized carbons (Fsp3) is 0.200. The van der Waals surface area contributed by atoms with Crippen LogP contribution in [0.5, 0.6) is 0 Å². The van der Waals surface area contributed by atoms with Gasteiger partial charge in [0.05, 0.1) is 17.5 Å². The number of rotatable bonds is 5. The van der Waals surface area contributed by atoms with Gasteiger partial charge < -0.3 is 4.98 Å². The third-order valence-electron chi connectivity index (χ3n) is 5.52. The van der Waals surface area contributed by atoms with Gasteiger partial charge in [0.2, 0.25) is 0 Å². The van der Waals surface area contributed by atoms with Gasteiger partial charge in [-0.15, -0.1) is 0 Å². The number of para-hydroxylation sites is 1. The Bertz CT molecular complexity index is 1390. The lowest BCUT2D eigenvalue weighted by atomic mass is 9.93. The third-order valence-corrected chi connectivity index (χ3v) is 6.56. The SMILES string of the molecule is Cc1cccc2cc(CSc3ncnc4nc[nH]c34)c(-c3ccccc3C(C)C)nc12. The number of thioether (sulfide) groups is 1. The number of hydrogen-bond donors (Lipinski definition) is 1. The molecule has 31 heavy (non-hydrogen) atoms. The first-order chi connectivity index (χ1) is 15.1. The lowest BCUT2D eigenvalue weighted by Gasteiger charge is -2.17. The first-order valence-electron chi connectivity index (χ1n) is 10.4. The van der Waals surface area contributed by atoms with E-state index in [0.717, 1.165) is 32.9 Å². The van der Waals surface area contributed by atoms with Crippen LogP contribution in [-0.4, -0.2) is 24.9 Å². The van der Waals surface area contributed by atoms with Gasteiger partial charge in [0.15, 0.2) is 5.65 Å². The first kappa shape index (κ1) is 19.7. The van der Waals surface area contributed by atoms with Crippen LogP contribution in [-0.2, 0) is 5.75 Å². The molecular weight excluding hydrogens is 402 g/mol. The second kappa shape index (κ2) is 8.12. The Labute approximate surface area is 185 Å². The molecule has 2 aromatic carbocycles. The molecule has 5 aromatic rings. The van der Waals surface area contributed by atoms with Crippen molar-refractivity contribution >= 4 is 33.8 Å². The van der Waals surface area contributed by atoms with Gasteiger partial charge in [-0.3, -0.25) is 0 Å². The summed E-state index contributed by atoms with van der Waals surface area (Å²) in [6.45, 7) is 6.59. The largest absolute Gasteiger partial charge is 0.341 e. The zero-order valence-electron chi connectivity index (χ0n) is 17.8. The lowest BCUT2D eigenvalue weighted by molar-refractivity contribution is 0.868. The van der Waals surface area contributed by atoms with Gasteiger partial charge in [-0.2, -0.15) is 0 Å². The minimum atomic E-state index is 0.414. The summed E-state index contributed by atoms with van der Waals surface area (Å²) in [4.78, 5) is 21.3. The molecule has 6 heteroatoms. The van der Waals surface area contributed by atoms with Crippen LogP contribution >= 0.6 is 11.8 Å². The van der Waals surface area contributed by atoms with Crippen molar-refractivity contribution in [3.8, 4) is 11.3 Å². The monoisotopic (exact) mass is 425 g/mol. The summed E-state index contributed by atoms with van der Waals surface area (Å²) >= 11 is 1.68. The van der Waals surface area contributed by atoms with E-state index in [2.05, 4.69) is 89.2 Å². The second-order valence-electron chi connectivity index (χ2n) is 7.95.